The molecule has 2 aliphatic rings. The van der Waals surface area contributed by atoms with E-state index in [-0.39, 0.29) is 6.61 Å². The van der Waals surface area contributed by atoms with E-state index in [1.807, 2.05) is 12.1 Å². The van der Waals surface area contributed by atoms with Gasteiger partial charge in [0.05, 0.1) is 6.61 Å². The number of rotatable bonds is 5. The summed E-state index contributed by atoms with van der Waals surface area (Å²) in [4.78, 5) is 2.58. The van der Waals surface area contributed by atoms with Gasteiger partial charge in [0.15, 0.2) is 0 Å². The molecule has 0 radical (unpaired) electrons. The summed E-state index contributed by atoms with van der Waals surface area (Å²) in [7, 11) is 0. The Morgan fingerprint density at radius 3 is 2.91 bits per heavy atom. The quantitative estimate of drug-likeness (QED) is 0.907. The number of nitrogens with zero attached hydrogens (tertiary/aromatic N) is 1. The van der Waals surface area contributed by atoms with Crippen molar-refractivity contribution in [3.63, 3.8) is 0 Å². The molecule has 4 heteroatoms. The summed E-state index contributed by atoms with van der Waals surface area (Å²) in [5.41, 5.74) is 1.78. The van der Waals surface area contributed by atoms with Crippen molar-refractivity contribution in [2.45, 2.75) is 32.2 Å². The van der Waals surface area contributed by atoms with Crippen LogP contribution in [-0.4, -0.2) is 49.5 Å². The second kappa shape index (κ2) is 7.44. The largest absolute Gasteiger partial charge is 0.491 e. The van der Waals surface area contributed by atoms with Crippen LogP contribution in [0.5, 0.6) is 5.75 Å². The lowest BCUT2D eigenvalue weighted by molar-refractivity contribution is -0.0291. The van der Waals surface area contributed by atoms with Crippen LogP contribution in [0.15, 0.2) is 24.3 Å². The van der Waals surface area contributed by atoms with Crippen LogP contribution < -0.4 is 4.74 Å². The molecule has 2 fully saturated rings. The maximum atomic E-state index is 8.86. The van der Waals surface area contributed by atoms with E-state index in [1.54, 1.807) is 0 Å². The number of piperidine rings is 1. The maximum absolute atomic E-state index is 8.86. The van der Waals surface area contributed by atoms with Crippen LogP contribution in [0.25, 0.3) is 0 Å². The van der Waals surface area contributed by atoms with Crippen molar-refractivity contribution in [2.75, 3.05) is 39.5 Å². The Bertz CT molecular complexity index is 466. The second-order valence-electron chi connectivity index (χ2n) is 6.65. The van der Waals surface area contributed by atoms with Gasteiger partial charge in [0.1, 0.15) is 12.4 Å². The first-order valence-electron chi connectivity index (χ1n) is 8.42. The molecular weight excluding hydrogens is 278 g/mol. The maximum Gasteiger partial charge on any atom is 0.119 e. The van der Waals surface area contributed by atoms with Crippen LogP contribution in [0.1, 0.15) is 31.2 Å². The van der Waals surface area contributed by atoms with E-state index in [2.05, 4.69) is 17.0 Å². The molecule has 1 spiro atoms. The van der Waals surface area contributed by atoms with Crippen molar-refractivity contribution < 1.29 is 14.6 Å². The topological polar surface area (TPSA) is 41.9 Å². The number of aliphatic hydroxyl groups excluding tert-OH is 1. The molecule has 3 rings (SSSR count). The van der Waals surface area contributed by atoms with Crippen LogP contribution in [-0.2, 0) is 11.3 Å². The summed E-state index contributed by atoms with van der Waals surface area (Å²) >= 11 is 0. The molecule has 2 aliphatic heterocycles. The molecule has 4 nitrogen and oxygen atoms in total. The third-order valence-electron chi connectivity index (χ3n) is 4.96. The third-order valence-corrected chi connectivity index (χ3v) is 4.96. The number of ether oxygens (including phenoxy) is 2. The zero-order valence-corrected chi connectivity index (χ0v) is 13.3. The van der Waals surface area contributed by atoms with Gasteiger partial charge in [-0.2, -0.15) is 0 Å². The fraction of sp³-hybridized carbons (Fsp3) is 0.667. The van der Waals surface area contributed by atoms with Gasteiger partial charge < -0.3 is 14.6 Å². The summed E-state index contributed by atoms with van der Waals surface area (Å²) in [6, 6.07) is 8.25. The van der Waals surface area contributed by atoms with E-state index in [0.29, 0.717) is 12.0 Å². The Kier molecular flexibility index (Phi) is 5.34. The van der Waals surface area contributed by atoms with Gasteiger partial charge in [0.25, 0.3) is 0 Å². The monoisotopic (exact) mass is 305 g/mol. The van der Waals surface area contributed by atoms with Gasteiger partial charge in [0.2, 0.25) is 0 Å². The van der Waals surface area contributed by atoms with Gasteiger partial charge in [-0.15, -0.1) is 0 Å². The van der Waals surface area contributed by atoms with Gasteiger partial charge in [-0.1, -0.05) is 12.1 Å². The molecule has 2 heterocycles. The molecule has 2 saturated heterocycles. The van der Waals surface area contributed by atoms with E-state index >= 15 is 0 Å². The van der Waals surface area contributed by atoms with Gasteiger partial charge in [-0.3, -0.25) is 4.90 Å². The average Bonchev–Trinajstić information content (AvgIpc) is 2.54. The molecule has 0 atom stereocenters. The Hall–Kier alpha value is -1.10. The van der Waals surface area contributed by atoms with Crippen LogP contribution in [0.3, 0.4) is 0 Å². The molecule has 0 aliphatic carbocycles. The molecule has 122 valence electrons. The molecular formula is C18H27NO3. The first-order valence-corrected chi connectivity index (χ1v) is 8.42. The fourth-order valence-corrected chi connectivity index (χ4v) is 3.81. The Morgan fingerprint density at radius 2 is 2.09 bits per heavy atom. The lowest BCUT2D eigenvalue weighted by Gasteiger charge is -2.45. The smallest absolute Gasteiger partial charge is 0.119 e. The van der Waals surface area contributed by atoms with E-state index < -0.39 is 0 Å². The summed E-state index contributed by atoms with van der Waals surface area (Å²) in [5, 5.41) is 8.86. The van der Waals surface area contributed by atoms with Gasteiger partial charge in [-0.05, 0) is 55.3 Å². The standard InChI is InChI=1S/C18H27NO3/c20-9-12-22-17-4-1-3-16(13-17)14-19-8-2-5-18(15-19)6-10-21-11-7-18/h1,3-4,13,20H,2,5-12,14-15H2. The summed E-state index contributed by atoms with van der Waals surface area (Å²) in [5.74, 6) is 0.851. The minimum absolute atomic E-state index is 0.0565. The van der Waals surface area contributed by atoms with Crippen molar-refractivity contribution >= 4 is 0 Å². The normalized spacial score (nSPS) is 21.9. The van der Waals surface area contributed by atoms with Crippen molar-refractivity contribution in [3.8, 4) is 5.75 Å². The Morgan fingerprint density at radius 1 is 1.23 bits per heavy atom. The average molecular weight is 305 g/mol. The zero-order chi connectivity index (χ0) is 15.3. The summed E-state index contributed by atoms with van der Waals surface area (Å²) < 4.78 is 11.1. The van der Waals surface area contributed by atoms with Crippen LogP contribution in [0.2, 0.25) is 0 Å². The molecule has 0 unspecified atom stereocenters. The molecule has 22 heavy (non-hydrogen) atoms. The fourth-order valence-electron chi connectivity index (χ4n) is 3.81. The highest BCUT2D eigenvalue weighted by Gasteiger charge is 2.36. The van der Waals surface area contributed by atoms with E-state index in [1.165, 1.54) is 44.3 Å². The van der Waals surface area contributed by atoms with E-state index in [9.17, 15) is 0 Å². The number of benzene rings is 1. The number of hydrogen-bond acceptors (Lipinski definition) is 4. The minimum atomic E-state index is 0.0565. The van der Waals surface area contributed by atoms with Crippen molar-refractivity contribution in [2.24, 2.45) is 5.41 Å². The number of likely N-dealkylation sites (tertiary alicyclic amines) is 1. The summed E-state index contributed by atoms with van der Waals surface area (Å²) in [6.07, 6.45) is 5.07. The van der Waals surface area contributed by atoms with Crippen LogP contribution in [0.4, 0.5) is 0 Å². The van der Waals surface area contributed by atoms with Gasteiger partial charge >= 0.3 is 0 Å². The molecule has 0 amide bonds. The highest BCUT2D eigenvalue weighted by Crippen LogP contribution is 2.39. The van der Waals surface area contributed by atoms with Crippen molar-refractivity contribution in [1.82, 2.24) is 4.90 Å². The predicted octanol–water partition coefficient (Wildman–Crippen LogP) is 2.45. The zero-order valence-electron chi connectivity index (χ0n) is 13.3. The molecule has 0 bridgehead atoms. The predicted molar refractivity (Wildman–Crippen MR) is 86.0 cm³/mol. The highest BCUT2D eigenvalue weighted by molar-refractivity contribution is 5.28. The lowest BCUT2D eigenvalue weighted by atomic mass is 9.74. The first-order chi connectivity index (χ1) is 10.8. The molecule has 1 aromatic carbocycles. The Balaban J connectivity index is 1.60. The first kappa shape index (κ1) is 15.8. The van der Waals surface area contributed by atoms with Crippen molar-refractivity contribution in [3.05, 3.63) is 29.8 Å². The van der Waals surface area contributed by atoms with Gasteiger partial charge in [0, 0.05) is 26.3 Å². The lowest BCUT2D eigenvalue weighted by Crippen LogP contribution is -2.45. The van der Waals surface area contributed by atoms with Crippen molar-refractivity contribution in [1.29, 1.82) is 0 Å². The summed E-state index contributed by atoms with van der Waals surface area (Å²) in [6.45, 7) is 5.63. The number of hydrogen-bond donors (Lipinski definition) is 1. The highest BCUT2D eigenvalue weighted by atomic mass is 16.5. The van der Waals surface area contributed by atoms with E-state index in [4.69, 9.17) is 14.6 Å². The minimum Gasteiger partial charge on any atom is -0.491 e. The Labute approximate surface area is 133 Å². The molecule has 1 N–H and O–H groups in total. The third kappa shape index (κ3) is 4.00. The van der Waals surface area contributed by atoms with E-state index in [0.717, 1.165) is 25.5 Å². The van der Waals surface area contributed by atoms with Crippen LogP contribution in [0, 0.1) is 5.41 Å². The van der Waals surface area contributed by atoms with Crippen LogP contribution >= 0.6 is 0 Å². The molecule has 1 aromatic rings. The molecule has 0 saturated carbocycles. The second-order valence-corrected chi connectivity index (χ2v) is 6.65. The SMILES string of the molecule is OCCOc1cccc(CN2CCCC3(CCOCC3)C2)c1. The van der Waals surface area contributed by atoms with Gasteiger partial charge in [-0.25, -0.2) is 0 Å². The number of aliphatic hydroxyl groups is 1. The molecule has 0 aromatic heterocycles.